The van der Waals surface area contributed by atoms with Crippen LogP contribution in [0.2, 0.25) is 0 Å². The van der Waals surface area contributed by atoms with Gasteiger partial charge in [0.2, 0.25) is 0 Å². The normalized spacial score (nSPS) is 24.1. The van der Waals surface area contributed by atoms with Crippen LogP contribution in [0.15, 0.2) is 0 Å². The van der Waals surface area contributed by atoms with Gasteiger partial charge in [-0.2, -0.15) is 0 Å². The fourth-order valence-electron chi connectivity index (χ4n) is 2.38. The van der Waals surface area contributed by atoms with E-state index in [1.165, 1.54) is 0 Å². The van der Waals surface area contributed by atoms with Crippen LogP contribution in [0.1, 0.15) is 53.4 Å². The second-order valence-electron chi connectivity index (χ2n) is 6.13. The maximum absolute atomic E-state index is 12.2. The van der Waals surface area contributed by atoms with Crippen molar-refractivity contribution >= 4 is 12.0 Å². The minimum atomic E-state index is -0.790. The number of aliphatic carboxylic acids is 1. The number of likely N-dealkylation sites (tertiary alicyclic amines) is 1. The standard InChI is InChI=1S/C14H26N2O3/c1-5-13(3,4)15-12(19)16-9-7-8-14(6-2,10-16)11(17)18/h5-10H2,1-4H3,(H,15,19)(H,17,18). The Bertz CT molecular complexity index is 355. The molecule has 0 saturated carbocycles. The van der Waals surface area contributed by atoms with E-state index in [-0.39, 0.29) is 11.6 Å². The lowest BCUT2D eigenvalue weighted by Crippen LogP contribution is -2.56. The van der Waals surface area contributed by atoms with Crippen LogP contribution in [0.5, 0.6) is 0 Å². The zero-order valence-electron chi connectivity index (χ0n) is 12.5. The molecule has 0 aromatic rings. The molecule has 1 aliphatic rings. The first-order valence-electron chi connectivity index (χ1n) is 7.07. The number of hydrogen-bond donors (Lipinski definition) is 2. The molecule has 2 N–H and O–H groups in total. The molecule has 0 aromatic carbocycles. The summed E-state index contributed by atoms with van der Waals surface area (Å²) < 4.78 is 0. The topological polar surface area (TPSA) is 69.6 Å². The van der Waals surface area contributed by atoms with Gasteiger partial charge in [-0.1, -0.05) is 13.8 Å². The van der Waals surface area contributed by atoms with Crippen molar-refractivity contribution in [2.75, 3.05) is 13.1 Å². The fraction of sp³-hybridized carbons (Fsp3) is 0.857. The van der Waals surface area contributed by atoms with Crippen LogP contribution >= 0.6 is 0 Å². The number of carboxylic acid groups (broad SMARTS) is 1. The number of rotatable bonds is 4. The first-order chi connectivity index (χ1) is 8.76. The van der Waals surface area contributed by atoms with Crippen LogP contribution in [-0.4, -0.2) is 40.6 Å². The van der Waals surface area contributed by atoms with Crippen molar-refractivity contribution in [3.05, 3.63) is 0 Å². The molecule has 0 aliphatic carbocycles. The van der Waals surface area contributed by atoms with Gasteiger partial charge >= 0.3 is 12.0 Å². The minimum Gasteiger partial charge on any atom is -0.481 e. The third-order valence-electron chi connectivity index (χ3n) is 4.32. The number of nitrogens with zero attached hydrogens (tertiary/aromatic N) is 1. The first kappa shape index (κ1) is 15.8. The average Bonchev–Trinajstić information content (AvgIpc) is 2.38. The monoisotopic (exact) mass is 270 g/mol. The van der Waals surface area contributed by atoms with E-state index < -0.39 is 11.4 Å². The van der Waals surface area contributed by atoms with Gasteiger partial charge in [-0.05, 0) is 39.5 Å². The molecule has 1 rings (SSSR count). The highest BCUT2D eigenvalue weighted by atomic mass is 16.4. The molecule has 0 bridgehead atoms. The molecule has 1 atom stereocenters. The molecule has 0 spiro atoms. The van der Waals surface area contributed by atoms with Crippen LogP contribution in [-0.2, 0) is 4.79 Å². The molecule has 2 amide bonds. The predicted octanol–water partition coefficient (Wildman–Crippen LogP) is 2.46. The summed E-state index contributed by atoms with van der Waals surface area (Å²) in [6.45, 7) is 8.79. The van der Waals surface area contributed by atoms with Gasteiger partial charge in [0, 0.05) is 18.6 Å². The van der Waals surface area contributed by atoms with Crippen LogP contribution in [0.25, 0.3) is 0 Å². The highest BCUT2D eigenvalue weighted by Gasteiger charge is 2.42. The Morgan fingerprint density at radius 2 is 2.00 bits per heavy atom. The molecular formula is C14H26N2O3. The summed E-state index contributed by atoms with van der Waals surface area (Å²) in [6.07, 6.45) is 2.80. The summed E-state index contributed by atoms with van der Waals surface area (Å²) in [5.41, 5.74) is -1.03. The van der Waals surface area contributed by atoms with Gasteiger partial charge in [0.15, 0.2) is 0 Å². The van der Waals surface area contributed by atoms with Gasteiger partial charge in [0.05, 0.1) is 5.41 Å². The molecule has 1 fully saturated rings. The third kappa shape index (κ3) is 3.61. The van der Waals surface area contributed by atoms with Crippen molar-refractivity contribution in [1.82, 2.24) is 10.2 Å². The maximum Gasteiger partial charge on any atom is 0.317 e. The van der Waals surface area contributed by atoms with Gasteiger partial charge in [0.25, 0.3) is 0 Å². The van der Waals surface area contributed by atoms with E-state index in [4.69, 9.17) is 0 Å². The Kier molecular flexibility index (Phi) is 4.82. The molecule has 110 valence electrons. The van der Waals surface area contributed by atoms with Crippen molar-refractivity contribution < 1.29 is 14.7 Å². The molecule has 0 aromatic heterocycles. The first-order valence-corrected chi connectivity index (χ1v) is 7.07. The van der Waals surface area contributed by atoms with E-state index >= 15 is 0 Å². The molecule has 1 heterocycles. The van der Waals surface area contributed by atoms with Gasteiger partial charge in [0.1, 0.15) is 0 Å². The number of hydrogen-bond acceptors (Lipinski definition) is 2. The maximum atomic E-state index is 12.2. The van der Waals surface area contributed by atoms with E-state index in [0.717, 1.165) is 12.8 Å². The Balaban J connectivity index is 2.74. The Morgan fingerprint density at radius 1 is 1.37 bits per heavy atom. The largest absolute Gasteiger partial charge is 0.481 e. The highest BCUT2D eigenvalue weighted by Crippen LogP contribution is 2.33. The number of urea groups is 1. The molecule has 0 radical (unpaired) electrons. The highest BCUT2D eigenvalue weighted by molar-refractivity contribution is 5.79. The van der Waals surface area contributed by atoms with Gasteiger partial charge in [-0.15, -0.1) is 0 Å². The summed E-state index contributed by atoms with van der Waals surface area (Å²) in [4.78, 5) is 25.3. The van der Waals surface area contributed by atoms with Gasteiger partial charge in [-0.3, -0.25) is 4.79 Å². The Morgan fingerprint density at radius 3 is 2.47 bits per heavy atom. The predicted molar refractivity (Wildman–Crippen MR) is 74.1 cm³/mol. The van der Waals surface area contributed by atoms with Crippen molar-refractivity contribution in [2.24, 2.45) is 5.41 Å². The SMILES string of the molecule is CCC(C)(C)NC(=O)N1CCCC(CC)(C(=O)O)C1. The second-order valence-corrected chi connectivity index (χ2v) is 6.13. The average molecular weight is 270 g/mol. The van der Waals surface area contributed by atoms with E-state index in [1.807, 2.05) is 27.7 Å². The Hall–Kier alpha value is -1.26. The van der Waals surface area contributed by atoms with Crippen molar-refractivity contribution in [1.29, 1.82) is 0 Å². The molecular weight excluding hydrogens is 244 g/mol. The lowest BCUT2D eigenvalue weighted by atomic mass is 9.78. The van der Waals surface area contributed by atoms with E-state index in [0.29, 0.717) is 25.9 Å². The lowest BCUT2D eigenvalue weighted by molar-refractivity contribution is -0.152. The van der Waals surface area contributed by atoms with Crippen molar-refractivity contribution in [2.45, 2.75) is 58.9 Å². The van der Waals surface area contributed by atoms with E-state index in [9.17, 15) is 14.7 Å². The molecule has 1 saturated heterocycles. The zero-order valence-corrected chi connectivity index (χ0v) is 12.5. The van der Waals surface area contributed by atoms with Crippen LogP contribution < -0.4 is 5.32 Å². The van der Waals surface area contributed by atoms with Crippen LogP contribution in [0.4, 0.5) is 4.79 Å². The number of amides is 2. The number of piperidine rings is 1. The van der Waals surface area contributed by atoms with Gasteiger partial charge in [-0.25, -0.2) is 4.79 Å². The summed E-state index contributed by atoms with van der Waals surface area (Å²) in [5.74, 6) is -0.790. The number of nitrogens with one attached hydrogen (secondary N) is 1. The molecule has 5 nitrogen and oxygen atoms in total. The molecule has 5 heteroatoms. The van der Waals surface area contributed by atoms with E-state index in [2.05, 4.69) is 5.32 Å². The molecule has 19 heavy (non-hydrogen) atoms. The summed E-state index contributed by atoms with van der Waals surface area (Å²) >= 11 is 0. The summed E-state index contributed by atoms with van der Waals surface area (Å²) in [5, 5.41) is 12.4. The van der Waals surface area contributed by atoms with Crippen molar-refractivity contribution in [3.63, 3.8) is 0 Å². The lowest BCUT2D eigenvalue weighted by Gasteiger charge is -2.40. The molecule has 1 unspecified atom stereocenters. The number of carboxylic acids is 1. The summed E-state index contributed by atoms with van der Waals surface area (Å²) in [6, 6.07) is -0.148. The third-order valence-corrected chi connectivity index (χ3v) is 4.32. The van der Waals surface area contributed by atoms with Crippen LogP contribution in [0, 0.1) is 5.41 Å². The second kappa shape index (κ2) is 5.80. The van der Waals surface area contributed by atoms with Gasteiger partial charge < -0.3 is 15.3 Å². The minimum absolute atomic E-state index is 0.148. The number of carbonyl (C=O) groups excluding carboxylic acids is 1. The molecule has 1 aliphatic heterocycles. The smallest absolute Gasteiger partial charge is 0.317 e. The van der Waals surface area contributed by atoms with Crippen LogP contribution in [0.3, 0.4) is 0 Å². The summed E-state index contributed by atoms with van der Waals surface area (Å²) in [7, 11) is 0. The Labute approximate surface area is 115 Å². The number of carbonyl (C=O) groups is 2. The van der Waals surface area contributed by atoms with E-state index in [1.54, 1.807) is 4.90 Å². The van der Waals surface area contributed by atoms with Crippen molar-refractivity contribution in [3.8, 4) is 0 Å². The zero-order chi connectivity index (χ0) is 14.7. The fourth-order valence-corrected chi connectivity index (χ4v) is 2.38. The quantitative estimate of drug-likeness (QED) is 0.824.